The fourth-order valence-corrected chi connectivity index (χ4v) is 2.48. The Morgan fingerprint density at radius 3 is 2.18 bits per heavy atom. The molecule has 3 nitrogen and oxygen atoms in total. The Labute approximate surface area is 158 Å². The van der Waals surface area contributed by atoms with Crippen LogP contribution < -0.4 is 9.30 Å². The third kappa shape index (κ3) is 10.2. The van der Waals surface area contributed by atoms with E-state index < -0.39 is 7.81 Å². The molecule has 0 aliphatic rings. The quantitative estimate of drug-likeness (QED) is 0.186. The fraction of sp³-hybridized carbons (Fsp3) is 0.278. The van der Waals surface area contributed by atoms with E-state index >= 15 is 0 Å². The second-order valence-electron chi connectivity index (χ2n) is 6.34. The molecule has 156 valence electrons. The first-order valence-corrected chi connectivity index (χ1v) is 10.5. The number of imidazole rings is 1. The van der Waals surface area contributed by atoms with E-state index in [2.05, 4.69) is 64.3 Å². The van der Waals surface area contributed by atoms with Crippen molar-refractivity contribution in [3.63, 3.8) is 0 Å². The van der Waals surface area contributed by atoms with Gasteiger partial charge in [-0.05, 0) is 35.7 Å². The average Bonchev–Trinajstić information content (AvgIpc) is 2.97. The Morgan fingerprint density at radius 2 is 1.57 bits per heavy atom. The monoisotopic (exact) mass is 426 g/mol. The van der Waals surface area contributed by atoms with Crippen molar-refractivity contribution >= 4 is 18.6 Å². The number of aryl methyl sites for hydroxylation is 2. The molecule has 0 fully saturated rings. The molecule has 0 saturated heterocycles. The topological polar surface area (TPSA) is 18.0 Å². The zero-order valence-corrected chi connectivity index (χ0v) is 16.0. The molecule has 0 spiro atoms. The molecule has 0 aliphatic carbocycles. The third-order valence-corrected chi connectivity index (χ3v) is 3.62. The molecule has 0 bridgehead atoms. The Hall–Kier alpha value is -2.28. The zero-order chi connectivity index (χ0) is 20.9. The van der Waals surface area contributed by atoms with E-state index in [0.29, 0.717) is 0 Å². The summed E-state index contributed by atoms with van der Waals surface area (Å²) in [4.78, 5) is 0. The summed E-state index contributed by atoms with van der Waals surface area (Å²) in [6.07, 6.45) is 8.46. The van der Waals surface area contributed by atoms with Gasteiger partial charge in [0.2, 0.25) is 6.33 Å². The Balaban J connectivity index is 0.000000345. The van der Waals surface area contributed by atoms with Crippen molar-refractivity contribution in [2.24, 2.45) is 7.05 Å². The predicted octanol–water partition coefficient (Wildman–Crippen LogP) is 6.71. The van der Waals surface area contributed by atoms with Gasteiger partial charge in [-0.1, -0.05) is 30.3 Å². The molecule has 3 rings (SSSR count). The summed E-state index contributed by atoms with van der Waals surface area (Å²) < 4.78 is 69.3. The van der Waals surface area contributed by atoms with Crippen molar-refractivity contribution in [3.05, 3.63) is 61.2 Å². The van der Waals surface area contributed by atoms with Crippen LogP contribution in [0, 0.1) is 0 Å². The molecule has 2 aromatic carbocycles. The molecule has 1 aromatic heterocycles. The molecule has 28 heavy (non-hydrogen) atoms. The van der Waals surface area contributed by atoms with Crippen LogP contribution in [0.3, 0.4) is 0 Å². The Morgan fingerprint density at radius 1 is 0.929 bits per heavy atom. The molecular weight excluding hydrogens is 405 g/mol. The van der Waals surface area contributed by atoms with Gasteiger partial charge in [0.15, 0.2) is 0 Å². The third-order valence-electron chi connectivity index (χ3n) is 3.62. The van der Waals surface area contributed by atoms with Gasteiger partial charge in [-0.25, -0.2) is 9.13 Å². The number of unbranched alkanes of at least 4 members (excludes halogenated alkanes) is 1. The normalized spacial score (nSPS) is 14.0. The summed E-state index contributed by atoms with van der Waals surface area (Å²) in [5.74, 6) is 0.959. The van der Waals surface area contributed by atoms with Crippen LogP contribution >= 0.6 is 7.81 Å². The molecule has 0 atom stereocenters. The fourth-order valence-electron chi connectivity index (χ4n) is 2.48. The maximum atomic E-state index is 9.87. The summed E-state index contributed by atoms with van der Waals surface area (Å²) in [7, 11) is -8.62. The van der Waals surface area contributed by atoms with Gasteiger partial charge in [0.1, 0.15) is 18.1 Å². The first-order chi connectivity index (χ1) is 12.8. The van der Waals surface area contributed by atoms with E-state index in [4.69, 9.17) is 4.74 Å². The average molecular weight is 426 g/mol. The number of fused-ring (bicyclic) bond motifs is 1. The summed E-state index contributed by atoms with van der Waals surface area (Å²) >= 11 is 0. The van der Waals surface area contributed by atoms with Gasteiger partial charge < -0.3 is 4.74 Å². The Kier molecular flexibility index (Phi) is 5.99. The number of hydrogen-bond acceptors (Lipinski definition) is 1. The van der Waals surface area contributed by atoms with Crippen LogP contribution in [0.4, 0.5) is 25.2 Å². The van der Waals surface area contributed by atoms with Gasteiger partial charge in [0.25, 0.3) is 0 Å². The standard InChI is InChI=1S/C18H21N2O.F6P/c1-19-11-12-20(15-19)10-4-5-13-21-18-9-8-16-6-2-3-7-17(16)14-18;1-7(2,3,4,5)6/h2-3,6-9,11-12,14-15H,4-5,10,13H2,1H3;/q+1;-1. The van der Waals surface area contributed by atoms with Crippen molar-refractivity contribution in [2.75, 3.05) is 6.61 Å². The van der Waals surface area contributed by atoms with E-state index in [1.807, 2.05) is 13.1 Å². The minimum absolute atomic E-state index is 0.770. The second-order valence-corrected chi connectivity index (χ2v) is 8.26. The van der Waals surface area contributed by atoms with Crippen molar-refractivity contribution in [1.82, 2.24) is 4.57 Å². The molecule has 3 aromatic rings. The van der Waals surface area contributed by atoms with Gasteiger partial charge in [-0.3, -0.25) is 0 Å². The summed E-state index contributed by atoms with van der Waals surface area (Å²) in [6.45, 7) is 1.81. The van der Waals surface area contributed by atoms with Crippen molar-refractivity contribution in [1.29, 1.82) is 0 Å². The molecule has 0 amide bonds. The van der Waals surface area contributed by atoms with Crippen molar-refractivity contribution in [2.45, 2.75) is 19.4 Å². The number of ether oxygens (including phenoxy) is 1. The first-order valence-electron chi connectivity index (χ1n) is 8.45. The second kappa shape index (κ2) is 7.62. The SMILES string of the molecule is C[n+]1ccn(CCCCOc2ccc3ccccc3c2)c1.F[P-](F)(F)(F)(F)F. The summed E-state index contributed by atoms with van der Waals surface area (Å²) in [5.41, 5.74) is 0. The van der Waals surface area contributed by atoms with Crippen LogP contribution in [0.1, 0.15) is 12.8 Å². The Bertz CT molecular complexity index is 913. The first kappa shape index (κ1) is 22.0. The minimum atomic E-state index is -10.7. The van der Waals surface area contributed by atoms with Gasteiger partial charge in [-0.15, -0.1) is 0 Å². The van der Waals surface area contributed by atoms with Gasteiger partial charge in [0, 0.05) is 0 Å². The van der Waals surface area contributed by atoms with Crippen LogP contribution in [-0.2, 0) is 13.6 Å². The van der Waals surface area contributed by atoms with Crippen LogP contribution in [0.25, 0.3) is 10.8 Å². The number of nitrogens with zero attached hydrogens (tertiary/aromatic N) is 2. The van der Waals surface area contributed by atoms with Crippen molar-refractivity contribution in [3.8, 4) is 5.75 Å². The number of rotatable bonds is 6. The van der Waals surface area contributed by atoms with Crippen LogP contribution in [-0.4, -0.2) is 11.2 Å². The van der Waals surface area contributed by atoms with Crippen molar-refractivity contribution < 1.29 is 34.5 Å². The molecule has 0 N–H and O–H groups in total. The van der Waals surface area contributed by atoms with E-state index in [9.17, 15) is 25.2 Å². The molecular formula is C18H21F6N2OP. The molecule has 0 unspecified atom stereocenters. The van der Waals surface area contributed by atoms with Gasteiger partial charge in [0.05, 0.1) is 20.2 Å². The summed E-state index contributed by atoms with van der Waals surface area (Å²) in [6, 6.07) is 14.6. The van der Waals surface area contributed by atoms with Gasteiger partial charge >= 0.3 is 33.0 Å². The van der Waals surface area contributed by atoms with Gasteiger partial charge in [-0.2, -0.15) is 0 Å². The molecule has 0 saturated carbocycles. The number of halogens is 6. The molecule has 0 radical (unpaired) electrons. The van der Waals surface area contributed by atoms with E-state index in [0.717, 1.165) is 31.7 Å². The van der Waals surface area contributed by atoms with E-state index in [1.165, 1.54) is 10.8 Å². The van der Waals surface area contributed by atoms with E-state index in [-0.39, 0.29) is 0 Å². The summed E-state index contributed by atoms with van der Waals surface area (Å²) in [5, 5.41) is 2.49. The molecule has 10 heteroatoms. The van der Waals surface area contributed by atoms with Crippen LogP contribution in [0.5, 0.6) is 5.75 Å². The predicted molar refractivity (Wildman–Crippen MR) is 97.9 cm³/mol. The number of aromatic nitrogens is 2. The van der Waals surface area contributed by atoms with E-state index in [1.54, 1.807) is 0 Å². The zero-order valence-electron chi connectivity index (χ0n) is 15.1. The maximum absolute atomic E-state index is 10.7. The molecule has 1 heterocycles. The molecule has 0 aliphatic heterocycles. The number of hydrogen-bond donors (Lipinski definition) is 0. The van der Waals surface area contributed by atoms with Crippen LogP contribution in [0.2, 0.25) is 0 Å². The van der Waals surface area contributed by atoms with Crippen LogP contribution in [0.15, 0.2) is 61.2 Å². The number of benzene rings is 2.